The van der Waals surface area contributed by atoms with Gasteiger partial charge in [-0.25, -0.2) is 9.79 Å². The van der Waals surface area contributed by atoms with Crippen molar-refractivity contribution in [1.82, 2.24) is 0 Å². The summed E-state index contributed by atoms with van der Waals surface area (Å²) >= 11 is 0. The van der Waals surface area contributed by atoms with E-state index in [9.17, 15) is 4.79 Å². The first-order chi connectivity index (χ1) is 9.66. The summed E-state index contributed by atoms with van der Waals surface area (Å²) in [4.78, 5) is 15.8. The molecule has 2 rings (SSSR count). The SMILES string of the molecule is NC(N)=Nc1ccc2c(c1)OCCCOCCOC2=O. The highest BCUT2D eigenvalue weighted by Crippen LogP contribution is 2.26. The standard InChI is InChI=1S/C13H17N3O4/c14-13(15)16-9-2-3-10-11(8-9)19-5-1-4-18-6-7-20-12(10)17/h2-3,8H,1,4-7H2,(H4,14,15,16). The molecule has 1 aliphatic rings. The molecule has 0 saturated heterocycles. The fraction of sp³-hybridized carbons (Fsp3) is 0.385. The van der Waals surface area contributed by atoms with Gasteiger partial charge in [0, 0.05) is 19.1 Å². The first-order valence-electron chi connectivity index (χ1n) is 6.28. The number of hydrogen-bond acceptors (Lipinski definition) is 5. The Morgan fingerprint density at radius 2 is 1.95 bits per heavy atom. The minimum absolute atomic E-state index is 0.0578. The number of nitrogens with zero attached hydrogens (tertiary/aromatic N) is 1. The normalized spacial score (nSPS) is 16.1. The summed E-state index contributed by atoms with van der Waals surface area (Å²) in [5.41, 5.74) is 11.5. The summed E-state index contributed by atoms with van der Waals surface area (Å²) in [5, 5.41) is 0. The monoisotopic (exact) mass is 279 g/mol. The van der Waals surface area contributed by atoms with Crippen LogP contribution in [-0.2, 0) is 9.47 Å². The molecule has 0 amide bonds. The Balaban J connectivity index is 2.28. The van der Waals surface area contributed by atoms with Crippen LogP contribution < -0.4 is 16.2 Å². The van der Waals surface area contributed by atoms with E-state index in [-0.39, 0.29) is 12.6 Å². The third-order valence-corrected chi connectivity index (χ3v) is 2.59. The average molecular weight is 279 g/mol. The zero-order chi connectivity index (χ0) is 14.4. The largest absolute Gasteiger partial charge is 0.493 e. The number of fused-ring (bicyclic) bond motifs is 1. The van der Waals surface area contributed by atoms with Crippen LogP contribution in [0.5, 0.6) is 5.75 Å². The van der Waals surface area contributed by atoms with Gasteiger partial charge in [-0.2, -0.15) is 0 Å². The molecule has 0 spiro atoms. The van der Waals surface area contributed by atoms with E-state index in [4.69, 9.17) is 25.7 Å². The Labute approximate surface area is 116 Å². The molecule has 7 nitrogen and oxygen atoms in total. The fourth-order valence-corrected chi connectivity index (χ4v) is 1.73. The lowest BCUT2D eigenvalue weighted by atomic mass is 10.2. The number of guanidine groups is 1. The Morgan fingerprint density at radius 3 is 2.75 bits per heavy atom. The van der Waals surface area contributed by atoms with Gasteiger partial charge in [0.15, 0.2) is 5.96 Å². The van der Waals surface area contributed by atoms with Crippen LogP contribution in [0.2, 0.25) is 0 Å². The minimum atomic E-state index is -0.457. The van der Waals surface area contributed by atoms with Crippen molar-refractivity contribution in [3.63, 3.8) is 0 Å². The number of carbonyl (C=O) groups is 1. The number of benzene rings is 1. The van der Waals surface area contributed by atoms with Gasteiger partial charge in [-0.3, -0.25) is 0 Å². The number of ether oxygens (including phenoxy) is 3. The number of esters is 1. The number of cyclic esters (lactones) is 1. The lowest BCUT2D eigenvalue weighted by molar-refractivity contribution is 0.0318. The van der Waals surface area contributed by atoms with Gasteiger partial charge in [0.1, 0.15) is 17.9 Å². The summed E-state index contributed by atoms with van der Waals surface area (Å²) in [7, 11) is 0. The van der Waals surface area contributed by atoms with Crippen molar-refractivity contribution in [3.8, 4) is 5.75 Å². The van der Waals surface area contributed by atoms with E-state index >= 15 is 0 Å². The Bertz CT molecular complexity index is 512. The van der Waals surface area contributed by atoms with Crippen LogP contribution in [0.4, 0.5) is 5.69 Å². The summed E-state index contributed by atoms with van der Waals surface area (Å²) < 4.78 is 15.9. The van der Waals surface area contributed by atoms with E-state index in [1.807, 2.05) is 0 Å². The summed E-state index contributed by atoms with van der Waals surface area (Å²) in [6.07, 6.45) is 0.722. The van der Waals surface area contributed by atoms with Crippen molar-refractivity contribution in [2.75, 3.05) is 26.4 Å². The molecule has 0 aromatic heterocycles. The van der Waals surface area contributed by atoms with Crippen LogP contribution in [0.1, 0.15) is 16.8 Å². The number of nitrogens with two attached hydrogens (primary N) is 2. The van der Waals surface area contributed by atoms with E-state index in [1.165, 1.54) is 0 Å². The topological polar surface area (TPSA) is 109 Å². The maximum atomic E-state index is 11.9. The molecule has 0 radical (unpaired) electrons. The van der Waals surface area contributed by atoms with Gasteiger partial charge in [0.2, 0.25) is 0 Å². The van der Waals surface area contributed by atoms with Crippen LogP contribution in [-0.4, -0.2) is 38.4 Å². The average Bonchev–Trinajstić information content (AvgIpc) is 2.44. The molecule has 1 heterocycles. The minimum Gasteiger partial charge on any atom is -0.493 e. The zero-order valence-electron chi connectivity index (χ0n) is 11.0. The van der Waals surface area contributed by atoms with Crippen LogP contribution in [0.25, 0.3) is 0 Å². The molecule has 4 N–H and O–H groups in total. The van der Waals surface area contributed by atoms with E-state index in [0.717, 1.165) is 6.42 Å². The first-order valence-corrected chi connectivity index (χ1v) is 6.28. The number of carbonyl (C=O) groups excluding carboxylic acids is 1. The van der Waals surface area contributed by atoms with Crippen molar-refractivity contribution in [1.29, 1.82) is 0 Å². The quantitative estimate of drug-likeness (QED) is 0.441. The van der Waals surface area contributed by atoms with Crippen molar-refractivity contribution in [3.05, 3.63) is 23.8 Å². The van der Waals surface area contributed by atoms with Gasteiger partial charge in [0.05, 0.1) is 18.9 Å². The van der Waals surface area contributed by atoms with E-state index in [1.54, 1.807) is 18.2 Å². The van der Waals surface area contributed by atoms with Gasteiger partial charge in [-0.05, 0) is 12.1 Å². The molecule has 1 aliphatic heterocycles. The summed E-state index contributed by atoms with van der Waals surface area (Å²) in [5.74, 6) is -0.112. The van der Waals surface area contributed by atoms with Gasteiger partial charge < -0.3 is 25.7 Å². The molecule has 0 fully saturated rings. The van der Waals surface area contributed by atoms with Gasteiger partial charge in [-0.15, -0.1) is 0 Å². The van der Waals surface area contributed by atoms with E-state index < -0.39 is 5.97 Å². The smallest absolute Gasteiger partial charge is 0.342 e. The molecule has 20 heavy (non-hydrogen) atoms. The van der Waals surface area contributed by atoms with Gasteiger partial charge in [0.25, 0.3) is 0 Å². The Morgan fingerprint density at radius 1 is 1.10 bits per heavy atom. The van der Waals surface area contributed by atoms with Gasteiger partial charge in [-0.1, -0.05) is 0 Å². The predicted octanol–water partition coefficient (Wildman–Crippen LogP) is 0.547. The molecule has 1 aromatic carbocycles. The molecule has 0 saturated carbocycles. The van der Waals surface area contributed by atoms with E-state index in [2.05, 4.69) is 4.99 Å². The van der Waals surface area contributed by atoms with Crippen LogP contribution >= 0.6 is 0 Å². The molecule has 1 aromatic rings. The number of rotatable bonds is 1. The van der Waals surface area contributed by atoms with Gasteiger partial charge >= 0.3 is 5.97 Å². The lowest BCUT2D eigenvalue weighted by Gasteiger charge is -2.10. The number of aliphatic imine (C=N–C) groups is 1. The molecule has 0 aliphatic carbocycles. The van der Waals surface area contributed by atoms with Crippen molar-refractivity contribution < 1.29 is 19.0 Å². The molecule has 108 valence electrons. The van der Waals surface area contributed by atoms with E-state index in [0.29, 0.717) is 36.8 Å². The van der Waals surface area contributed by atoms with Crippen LogP contribution in [0.3, 0.4) is 0 Å². The summed E-state index contributed by atoms with van der Waals surface area (Å²) in [6, 6.07) is 4.81. The molecular formula is C13H17N3O4. The predicted molar refractivity (Wildman–Crippen MR) is 73.1 cm³/mol. The number of hydrogen-bond donors (Lipinski definition) is 2. The Kier molecular flexibility index (Phi) is 4.78. The third-order valence-electron chi connectivity index (χ3n) is 2.59. The maximum absolute atomic E-state index is 11.9. The highest BCUT2D eigenvalue weighted by Gasteiger charge is 2.15. The highest BCUT2D eigenvalue weighted by atomic mass is 16.6. The fourth-order valence-electron chi connectivity index (χ4n) is 1.73. The second kappa shape index (κ2) is 6.76. The lowest BCUT2D eigenvalue weighted by Crippen LogP contribution is -2.21. The van der Waals surface area contributed by atoms with Crippen LogP contribution in [0.15, 0.2) is 23.2 Å². The molecule has 7 heteroatoms. The Hall–Kier alpha value is -2.28. The van der Waals surface area contributed by atoms with Crippen molar-refractivity contribution in [2.45, 2.75) is 6.42 Å². The van der Waals surface area contributed by atoms with Crippen molar-refractivity contribution >= 4 is 17.6 Å². The molecule has 0 atom stereocenters. The summed E-state index contributed by atoms with van der Waals surface area (Å²) in [6.45, 7) is 1.59. The maximum Gasteiger partial charge on any atom is 0.342 e. The first kappa shape index (κ1) is 14.1. The molecular weight excluding hydrogens is 262 g/mol. The van der Waals surface area contributed by atoms with Crippen molar-refractivity contribution in [2.24, 2.45) is 16.5 Å². The highest BCUT2D eigenvalue weighted by molar-refractivity contribution is 5.93. The third kappa shape index (κ3) is 3.86. The second-order valence-electron chi connectivity index (χ2n) is 4.17. The molecule has 0 bridgehead atoms. The molecule has 0 unspecified atom stereocenters. The second-order valence-corrected chi connectivity index (χ2v) is 4.17. The zero-order valence-corrected chi connectivity index (χ0v) is 11.0. The van der Waals surface area contributed by atoms with Crippen LogP contribution in [0, 0.1) is 0 Å².